The molecule has 1 aliphatic heterocycles. The Bertz CT molecular complexity index is 839. The van der Waals surface area contributed by atoms with E-state index < -0.39 is 59.1 Å². The second kappa shape index (κ2) is 7.01. The quantitative estimate of drug-likeness (QED) is 0.344. The van der Waals surface area contributed by atoms with Gasteiger partial charge in [0.25, 0.3) is 11.8 Å². The van der Waals surface area contributed by atoms with Crippen LogP contribution in [0.1, 0.15) is 25.7 Å². The van der Waals surface area contributed by atoms with Gasteiger partial charge in [-0.05, 0) is 25.7 Å². The van der Waals surface area contributed by atoms with Crippen LogP contribution in [0.2, 0.25) is 0 Å². The third-order valence-corrected chi connectivity index (χ3v) is 4.38. The largest absolute Gasteiger partial charge is 0.476 e. The van der Waals surface area contributed by atoms with Crippen molar-refractivity contribution >= 4 is 23.5 Å². The molecule has 3 rings (SSSR count). The minimum atomic E-state index is -1.98. The number of carbonyl (C=O) groups is 3. The highest BCUT2D eigenvalue weighted by molar-refractivity contribution is 6.33. The third kappa shape index (κ3) is 2.94. The van der Waals surface area contributed by atoms with Gasteiger partial charge in [0.15, 0.2) is 24.0 Å². The summed E-state index contributed by atoms with van der Waals surface area (Å²) in [5.41, 5.74) is -1.26. The average molecular weight is 387 g/mol. The molecular weight excluding hydrogens is 374 g/mol. The van der Waals surface area contributed by atoms with Crippen molar-refractivity contribution in [1.82, 2.24) is 0 Å². The van der Waals surface area contributed by atoms with Gasteiger partial charge < -0.3 is 9.47 Å². The highest BCUT2D eigenvalue weighted by atomic mass is 19.2. The minimum absolute atomic E-state index is 0.0943. The van der Waals surface area contributed by atoms with E-state index in [0.29, 0.717) is 12.8 Å². The first-order valence-electron chi connectivity index (χ1n) is 7.95. The van der Waals surface area contributed by atoms with Crippen LogP contribution in [-0.4, -0.2) is 31.5 Å². The summed E-state index contributed by atoms with van der Waals surface area (Å²) < 4.78 is 66.0. The molecule has 1 aliphatic carbocycles. The maximum atomic E-state index is 14.4. The maximum absolute atomic E-state index is 14.4. The molecule has 0 aromatic heterocycles. The molecule has 6 nitrogen and oxygen atoms in total. The van der Waals surface area contributed by atoms with Crippen molar-refractivity contribution in [2.24, 2.45) is 0 Å². The first-order chi connectivity index (χ1) is 12.8. The molecule has 0 spiro atoms. The number of hydrogen-bond donors (Lipinski definition) is 0. The van der Waals surface area contributed by atoms with E-state index in [4.69, 9.17) is 0 Å². The molecule has 0 N–H and O–H groups in total. The summed E-state index contributed by atoms with van der Waals surface area (Å²) in [5.74, 6) is -12.4. The summed E-state index contributed by atoms with van der Waals surface area (Å²) in [5, 5.41) is 0. The molecule has 1 aromatic rings. The van der Waals surface area contributed by atoms with Crippen molar-refractivity contribution in [1.29, 1.82) is 0 Å². The second-order valence-electron chi connectivity index (χ2n) is 5.91. The molecule has 10 heteroatoms. The molecule has 0 unspecified atom stereocenters. The lowest BCUT2D eigenvalue weighted by atomic mass is 9.93. The fraction of sp³-hybridized carbons (Fsp3) is 0.353. The fourth-order valence-electron chi connectivity index (χ4n) is 3.06. The number of carbonyl (C=O) groups excluding carboxylic acids is 3. The van der Waals surface area contributed by atoms with Gasteiger partial charge in [-0.1, -0.05) is 0 Å². The van der Waals surface area contributed by atoms with E-state index in [1.54, 1.807) is 0 Å². The molecule has 0 saturated heterocycles. The number of hydrogen-bond acceptors (Lipinski definition) is 5. The Morgan fingerprint density at radius 1 is 0.926 bits per heavy atom. The Morgan fingerprint density at radius 3 is 1.85 bits per heavy atom. The van der Waals surface area contributed by atoms with Crippen LogP contribution < -0.4 is 9.64 Å². The van der Waals surface area contributed by atoms with E-state index in [9.17, 15) is 31.9 Å². The van der Waals surface area contributed by atoms with E-state index >= 15 is 0 Å². The Labute approximate surface area is 150 Å². The Hall–Kier alpha value is -2.91. The molecular formula is C17H13F4NO5. The number of anilines is 1. The number of halogens is 4. The molecule has 1 heterocycles. The molecule has 0 fully saturated rings. The predicted octanol–water partition coefficient (Wildman–Crippen LogP) is 2.54. The average Bonchev–Trinajstić information content (AvgIpc) is 2.92. The van der Waals surface area contributed by atoms with E-state index in [-0.39, 0.29) is 28.9 Å². The standard InChI is InChI=1S/C17H13F4NO5/c1-26-9(23)6-27-15-12(20)10(18)14(11(19)13(15)21)22-16(24)7-4-2-3-5-8(7)17(22)25/h2-6H2,1H3. The number of methoxy groups -OCH3 is 1. The van der Waals surface area contributed by atoms with Gasteiger partial charge in [0.2, 0.25) is 11.6 Å². The maximum Gasteiger partial charge on any atom is 0.343 e. The van der Waals surface area contributed by atoms with Gasteiger partial charge in [-0.3, -0.25) is 9.59 Å². The Morgan fingerprint density at radius 2 is 1.41 bits per heavy atom. The summed E-state index contributed by atoms with van der Waals surface area (Å²) >= 11 is 0. The zero-order chi connectivity index (χ0) is 19.9. The molecule has 27 heavy (non-hydrogen) atoms. The third-order valence-electron chi connectivity index (χ3n) is 4.38. The van der Waals surface area contributed by atoms with Crippen molar-refractivity contribution < 1.29 is 41.4 Å². The zero-order valence-corrected chi connectivity index (χ0v) is 14.0. The smallest absolute Gasteiger partial charge is 0.343 e. The van der Waals surface area contributed by atoms with E-state index in [1.807, 2.05) is 0 Å². The first kappa shape index (κ1) is 18.9. The summed E-state index contributed by atoms with van der Waals surface area (Å²) in [6.45, 7) is -1.00. The van der Waals surface area contributed by atoms with Gasteiger partial charge in [-0.25, -0.2) is 18.5 Å². The molecule has 2 aliphatic rings. The van der Waals surface area contributed by atoms with E-state index in [1.165, 1.54) is 0 Å². The number of ether oxygens (including phenoxy) is 2. The van der Waals surface area contributed by atoms with Crippen LogP contribution in [0.4, 0.5) is 23.2 Å². The molecule has 0 saturated carbocycles. The number of rotatable bonds is 4. The lowest BCUT2D eigenvalue weighted by Crippen LogP contribution is -2.34. The van der Waals surface area contributed by atoms with Gasteiger partial charge >= 0.3 is 5.97 Å². The monoisotopic (exact) mass is 387 g/mol. The van der Waals surface area contributed by atoms with Crippen LogP contribution in [0.5, 0.6) is 5.75 Å². The Balaban J connectivity index is 2.04. The lowest BCUT2D eigenvalue weighted by molar-refractivity contribution is -0.143. The zero-order valence-electron chi connectivity index (χ0n) is 14.0. The summed E-state index contributed by atoms with van der Waals surface area (Å²) in [6, 6.07) is 0. The molecule has 0 radical (unpaired) electrons. The number of amides is 2. The van der Waals surface area contributed by atoms with Gasteiger partial charge in [-0.2, -0.15) is 8.78 Å². The molecule has 0 bridgehead atoms. The molecule has 144 valence electrons. The second-order valence-corrected chi connectivity index (χ2v) is 5.91. The van der Waals surface area contributed by atoms with Crippen LogP contribution in [0, 0.1) is 23.3 Å². The fourth-order valence-corrected chi connectivity index (χ4v) is 3.06. The van der Waals surface area contributed by atoms with Crippen molar-refractivity contribution in [3.8, 4) is 5.75 Å². The minimum Gasteiger partial charge on any atom is -0.476 e. The van der Waals surface area contributed by atoms with E-state index in [2.05, 4.69) is 9.47 Å². The van der Waals surface area contributed by atoms with Crippen LogP contribution in [-0.2, 0) is 19.1 Å². The number of nitrogens with zero attached hydrogens (tertiary/aromatic N) is 1. The lowest BCUT2D eigenvalue weighted by Gasteiger charge is -2.19. The van der Waals surface area contributed by atoms with Gasteiger partial charge in [0, 0.05) is 11.1 Å². The number of benzene rings is 1. The highest BCUT2D eigenvalue weighted by Gasteiger charge is 2.44. The van der Waals surface area contributed by atoms with Crippen LogP contribution >= 0.6 is 0 Å². The van der Waals surface area contributed by atoms with Crippen molar-refractivity contribution in [2.75, 3.05) is 18.6 Å². The Kier molecular flexibility index (Phi) is 4.90. The summed E-state index contributed by atoms with van der Waals surface area (Å²) in [6.07, 6.45) is 1.70. The number of esters is 1. The van der Waals surface area contributed by atoms with Crippen molar-refractivity contribution in [2.45, 2.75) is 25.7 Å². The number of imide groups is 1. The first-order valence-corrected chi connectivity index (χ1v) is 7.95. The van der Waals surface area contributed by atoms with Crippen molar-refractivity contribution in [3.63, 3.8) is 0 Å². The highest BCUT2D eigenvalue weighted by Crippen LogP contribution is 2.41. The summed E-state index contributed by atoms with van der Waals surface area (Å²) in [7, 11) is 0.974. The topological polar surface area (TPSA) is 72.9 Å². The normalized spacial score (nSPS) is 16.7. The molecule has 2 amide bonds. The molecule has 0 atom stereocenters. The van der Waals surface area contributed by atoms with Gasteiger partial charge in [0.1, 0.15) is 5.69 Å². The SMILES string of the molecule is COC(=O)COc1c(F)c(F)c(N2C(=O)C3=C(CCCC3)C2=O)c(F)c1F. The van der Waals surface area contributed by atoms with E-state index in [0.717, 1.165) is 7.11 Å². The summed E-state index contributed by atoms with van der Waals surface area (Å²) in [4.78, 5) is 35.9. The molecule has 1 aromatic carbocycles. The van der Waals surface area contributed by atoms with Crippen molar-refractivity contribution in [3.05, 3.63) is 34.4 Å². The van der Waals surface area contributed by atoms with Gasteiger partial charge in [0.05, 0.1) is 7.11 Å². The predicted molar refractivity (Wildman–Crippen MR) is 81.8 cm³/mol. The van der Waals surface area contributed by atoms with Gasteiger partial charge in [-0.15, -0.1) is 0 Å². The van der Waals surface area contributed by atoms with Crippen LogP contribution in [0.15, 0.2) is 11.1 Å². The van der Waals surface area contributed by atoms with Crippen LogP contribution in [0.25, 0.3) is 0 Å². The van der Waals surface area contributed by atoms with Crippen LogP contribution in [0.3, 0.4) is 0 Å².